The van der Waals surface area contributed by atoms with Gasteiger partial charge in [0.05, 0.1) is 6.04 Å². The Morgan fingerprint density at radius 3 is 2.88 bits per heavy atom. The number of amides is 1. The van der Waals surface area contributed by atoms with E-state index < -0.39 is 0 Å². The Bertz CT molecular complexity index is 797. The summed E-state index contributed by atoms with van der Waals surface area (Å²) in [7, 11) is 0. The van der Waals surface area contributed by atoms with Gasteiger partial charge in [-0.3, -0.25) is 4.79 Å². The Morgan fingerprint density at radius 2 is 2.00 bits per heavy atom. The molecule has 6 nitrogen and oxygen atoms in total. The summed E-state index contributed by atoms with van der Waals surface area (Å²) >= 11 is 0. The van der Waals surface area contributed by atoms with E-state index >= 15 is 0 Å². The molecule has 6 heteroatoms. The number of aromatic nitrogens is 3. The van der Waals surface area contributed by atoms with E-state index in [1.54, 1.807) is 6.07 Å². The van der Waals surface area contributed by atoms with Crippen molar-refractivity contribution >= 4 is 11.6 Å². The van der Waals surface area contributed by atoms with Gasteiger partial charge in [0, 0.05) is 30.8 Å². The van der Waals surface area contributed by atoms with Crippen LogP contribution in [0, 0.1) is 6.92 Å². The number of hydrogen-bond acceptors (Lipinski definition) is 4. The maximum absolute atomic E-state index is 13.3. The number of nitrogens with two attached hydrogens (primary N) is 1. The lowest BCUT2D eigenvalue weighted by atomic mass is 9.98. The van der Waals surface area contributed by atoms with Crippen LogP contribution in [0.1, 0.15) is 65.7 Å². The van der Waals surface area contributed by atoms with Crippen LogP contribution in [0.25, 0.3) is 0 Å². The van der Waals surface area contributed by atoms with Crippen LogP contribution in [-0.2, 0) is 13.0 Å². The van der Waals surface area contributed by atoms with Crippen LogP contribution in [-0.4, -0.2) is 32.1 Å². The second kappa shape index (κ2) is 6.50. The molecule has 2 aliphatic heterocycles. The third-order valence-electron chi connectivity index (χ3n) is 5.44. The minimum atomic E-state index is 0.0152. The normalized spacial score (nSPS) is 20.4. The number of carbonyl (C=O) groups is 1. The average Bonchev–Trinajstić information content (AvgIpc) is 3.07. The first-order valence-electron chi connectivity index (χ1n) is 9.24. The Hall–Kier alpha value is -2.37. The molecule has 3 heterocycles. The quantitative estimate of drug-likeness (QED) is 0.854. The molecular weight excluding hydrogens is 314 g/mol. The van der Waals surface area contributed by atoms with Gasteiger partial charge in [-0.05, 0) is 56.7 Å². The fraction of sp³-hybridized carbons (Fsp3) is 0.526. The highest BCUT2D eigenvalue weighted by atomic mass is 16.2. The molecule has 1 aromatic carbocycles. The van der Waals surface area contributed by atoms with E-state index in [9.17, 15) is 4.79 Å². The number of nitrogen functional groups attached to an aromatic ring is 1. The van der Waals surface area contributed by atoms with Crippen LogP contribution < -0.4 is 5.73 Å². The van der Waals surface area contributed by atoms with Gasteiger partial charge in [-0.1, -0.05) is 6.07 Å². The molecule has 4 rings (SSSR count). The van der Waals surface area contributed by atoms with Gasteiger partial charge < -0.3 is 15.2 Å². The van der Waals surface area contributed by atoms with Crippen LogP contribution in [0.3, 0.4) is 0 Å². The molecule has 0 radical (unpaired) electrons. The van der Waals surface area contributed by atoms with Crippen LogP contribution in [0.2, 0.25) is 0 Å². The largest absolute Gasteiger partial charge is 0.399 e. The average molecular weight is 339 g/mol. The first-order valence-corrected chi connectivity index (χ1v) is 9.24. The summed E-state index contributed by atoms with van der Waals surface area (Å²) in [5.41, 5.74) is 8.21. The van der Waals surface area contributed by atoms with Crippen LogP contribution in [0.15, 0.2) is 18.2 Å². The van der Waals surface area contributed by atoms with Crippen LogP contribution in [0.4, 0.5) is 5.69 Å². The van der Waals surface area contributed by atoms with Gasteiger partial charge in [0.1, 0.15) is 5.82 Å². The fourth-order valence-electron chi connectivity index (χ4n) is 4.05. The first kappa shape index (κ1) is 16.1. The van der Waals surface area contributed by atoms with Crippen LogP contribution in [0.5, 0.6) is 0 Å². The SMILES string of the molecule is Cc1ccc(N)cc1C(=O)N1CCCCC1c1nnc2n1CCCC2. The number of hydrogen-bond donors (Lipinski definition) is 1. The maximum Gasteiger partial charge on any atom is 0.254 e. The lowest BCUT2D eigenvalue weighted by Gasteiger charge is -2.36. The van der Waals surface area contributed by atoms with Crippen molar-refractivity contribution in [2.24, 2.45) is 0 Å². The Labute approximate surface area is 148 Å². The van der Waals surface area contributed by atoms with E-state index in [0.717, 1.165) is 62.4 Å². The number of benzene rings is 1. The monoisotopic (exact) mass is 339 g/mol. The minimum Gasteiger partial charge on any atom is -0.399 e. The molecule has 132 valence electrons. The van der Waals surface area contributed by atoms with Gasteiger partial charge in [0.2, 0.25) is 0 Å². The topological polar surface area (TPSA) is 77.0 Å². The van der Waals surface area contributed by atoms with Gasteiger partial charge >= 0.3 is 0 Å². The molecule has 1 aromatic heterocycles. The molecule has 2 N–H and O–H groups in total. The van der Waals surface area contributed by atoms with Crippen molar-refractivity contribution < 1.29 is 4.79 Å². The van der Waals surface area contributed by atoms with Crippen molar-refractivity contribution in [2.45, 2.75) is 58.0 Å². The fourth-order valence-corrected chi connectivity index (χ4v) is 4.05. The number of carbonyl (C=O) groups excluding carboxylic acids is 1. The number of rotatable bonds is 2. The summed E-state index contributed by atoms with van der Waals surface area (Å²) in [5.74, 6) is 2.09. The molecule has 2 aromatic rings. The summed E-state index contributed by atoms with van der Waals surface area (Å²) in [5, 5.41) is 8.87. The molecule has 1 fully saturated rings. The second-order valence-corrected chi connectivity index (χ2v) is 7.17. The standard InChI is InChI=1S/C19H25N5O/c1-13-8-9-14(20)12-15(13)19(25)23-10-4-2-6-16(23)18-22-21-17-7-3-5-11-24(17)18/h8-9,12,16H,2-7,10-11,20H2,1H3. The van der Waals surface area contributed by atoms with E-state index in [0.29, 0.717) is 11.3 Å². The van der Waals surface area contributed by atoms with E-state index in [1.807, 2.05) is 24.0 Å². The number of nitrogens with zero attached hydrogens (tertiary/aromatic N) is 4. The van der Waals surface area contributed by atoms with Gasteiger partial charge in [0.15, 0.2) is 5.82 Å². The molecule has 0 aliphatic carbocycles. The lowest BCUT2D eigenvalue weighted by molar-refractivity contribution is 0.0593. The summed E-state index contributed by atoms with van der Waals surface area (Å²) in [4.78, 5) is 15.2. The van der Waals surface area contributed by atoms with Crippen molar-refractivity contribution in [3.63, 3.8) is 0 Å². The van der Waals surface area contributed by atoms with Crippen molar-refractivity contribution in [3.8, 4) is 0 Å². The summed E-state index contributed by atoms with van der Waals surface area (Å²) < 4.78 is 2.24. The molecule has 1 saturated heterocycles. The highest BCUT2D eigenvalue weighted by Crippen LogP contribution is 2.33. The van der Waals surface area contributed by atoms with E-state index in [1.165, 1.54) is 6.42 Å². The predicted octanol–water partition coefficient (Wildman–Crippen LogP) is 2.87. The van der Waals surface area contributed by atoms with Gasteiger partial charge in [0.25, 0.3) is 5.91 Å². The zero-order chi connectivity index (χ0) is 17.4. The highest BCUT2D eigenvalue weighted by molar-refractivity contribution is 5.96. The van der Waals surface area contributed by atoms with Gasteiger partial charge in [-0.2, -0.15) is 0 Å². The molecule has 2 aliphatic rings. The van der Waals surface area contributed by atoms with Crippen molar-refractivity contribution in [2.75, 3.05) is 12.3 Å². The summed E-state index contributed by atoms with van der Waals surface area (Å²) in [6.07, 6.45) is 6.42. The number of anilines is 1. The Kier molecular flexibility index (Phi) is 4.19. The van der Waals surface area contributed by atoms with Gasteiger partial charge in [-0.15, -0.1) is 10.2 Å². The molecule has 1 atom stereocenters. The number of aryl methyl sites for hydroxylation is 2. The molecule has 0 bridgehead atoms. The smallest absolute Gasteiger partial charge is 0.254 e. The predicted molar refractivity (Wildman–Crippen MR) is 96.2 cm³/mol. The number of fused-ring (bicyclic) bond motifs is 1. The van der Waals surface area contributed by atoms with E-state index in [-0.39, 0.29) is 11.9 Å². The number of likely N-dealkylation sites (tertiary alicyclic amines) is 1. The molecule has 1 amide bonds. The van der Waals surface area contributed by atoms with Crippen molar-refractivity contribution in [3.05, 3.63) is 41.0 Å². The summed E-state index contributed by atoms with van der Waals surface area (Å²) in [6.45, 7) is 3.69. The Balaban J connectivity index is 1.69. The third kappa shape index (κ3) is 2.90. The zero-order valence-corrected chi connectivity index (χ0v) is 14.7. The van der Waals surface area contributed by atoms with E-state index in [2.05, 4.69) is 14.8 Å². The molecular formula is C19H25N5O. The number of piperidine rings is 1. The summed E-state index contributed by atoms with van der Waals surface area (Å²) in [6, 6.07) is 5.57. The molecule has 1 unspecified atom stereocenters. The first-order chi connectivity index (χ1) is 12.1. The molecule has 0 saturated carbocycles. The van der Waals surface area contributed by atoms with Crippen molar-refractivity contribution in [1.82, 2.24) is 19.7 Å². The zero-order valence-electron chi connectivity index (χ0n) is 14.7. The Morgan fingerprint density at radius 1 is 1.16 bits per heavy atom. The third-order valence-corrected chi connectivity index (χ3v) is 5.44. The highest BCUT2D eigenvalue weighted by Gasteiger charge is 2.33. The van der Waals surface area contributed by atoms with Crippen molar-refractivity contribution in [1.29, 1.82) is 0 Å². The molecule has 0 spiro atoms. The minimum absolute atomic E-state index is 0.0152. The van der Waals surface area contributed by atoms with Crippen LogP contribution >= 0.6 is 0 Å². The van der Waals surface area contributed by atoms with Gasteiger partial charge in [-0.25, -0.2) is 0 Å². The maximum atomic E-state index is 13.3. The second-order valence-electron chi connectivity index (χ2n) is 7.17. The lowest BCUT2D eigenvalue weighted by Crippen LogP contribution is -2.40. The van der Waals surface area contributed by atoms with E-state index in [4.69, 9.17) is 5.73 Å². The molecule has 25 heavy (non-hydrogen) atoms.